The van der Waals surface area contributed by atoms with Gasteiger partial charge in [0.05, 0.1) is 6.54 Å². The maximum absolute atomic E-state index is 12.4. The van der Waals surface area contributed by atoms with E-state index in [2.05, 4.69) is 34.5 Å². The molecule has 120 valence electrons. The third kappa shape index (κ3) is 3.30. The van der Waals surface area contributed by atoms with Crippen LogP contribution < -0.4 is 5.32 Å². The SMILES string of the molecule is Cc1cccc(C)c1NC(=O)CN(C)C1CCc2ccccc21. The lowest BCUT2D eigenvalue weighted by Gasteiger charge is -2.25. The fourth-order valence-electron chi connectivity index (χ4n) is 3.52. The number of fused-ring (bicyclic) bond motifs is 1. The van der Waals surface area contributed by atoms with Gasteiger partial charge >= 0.3 is 0 Å². The maximum Gasteiger partial charge on any atom is 0.238 e. The van der Waals surface area contributed by atoms with Crippen molar-refractivity contribution < 1.29 is 4.79 Å². The molecule has 1 atom stereocenters. The van der Waals surface area contributed by atoms with Crippen LogP contribution >= 0.6 is 0 Å². The number of hydrogen-bond acceptors (Lipinski definition) is 2. The van der Waals surface area contributed by atoms with Gasteiger partial charge in [-0.2, -0.15) is 0 Å². The van der Waals surface area contributed by atoms with Crippen LogP contribution in [0, 0.1) is 13.8 Å². The third-order valence-corrected chi connectivity index (χ3v) is 4.77. The average Bonchev–Trinajstić information content (AvgIpc) is 2.95. The molecule has 2 aromatic rings. The van der Waals surface area contributed by atoms with Crippen LogP contribution in [0.2, 0.25) is 0 Å². The van der Waals surface area contributed by atoms with E-state index >= 15 is 0 Å². The molecule has 0 spiro atoms. The number of likely N-dealkylation sites (N-methyl/N-ethyl adjacent to an activating group) is 1. The Hall–Kier alpha value is -2.13. The molecule has 0 fully saturated rings. The average molecular weight is 308 g/mol. The predicted octanol–water partition coefficient (Wildman–Crippen LogP) is 3.86. The highest BCUT2D eigenvalue weighted by atomic mass is 16.2. The van der Waals surface area contributed by atoms with Gasteiger partial charge in [-0.25, -0.2) is 0 Å². The number of amides is 1. The summed E-state index contributed by atoms with van der Waals surface area (Å²) in [5.41, 5.74) is 5.94. The van der Waals surface area contributed by atoms with Crippen LogP contribution in [0.1, 0.15) is 34.7 Å². The zero-order valence-corrected chi connectivity index (χ0v) is 14.1. The molecule has 1 aliphatic rings. The van der Waals surface area contributed by atoms with E-state index in [1.807, 2.05) is 39.1 Å². The topological polar surface area (TPSA) is 32.3 Å². The standard InChI is InChI=1S/C20H24N2O/c1-14-7-6-8-15(2)20(14)21-19(23)13-22(3)18-12-11-16-9-4-5-10-17(16)18/h4-10,18H,11-13H2,1-3H3,(H,21,23). The first-order valence-corrected chi connectivity index (χ1v) is 8.20. The van der Waals surface area contributed by atoms with Crippen molar-refractivity contribution in [3.8, 4) is 0 Å². The summed E-state index contributed by atoms with van der Waals surface area (Å²) in [6, 6.07) is 15.0. The van der Waals surface area contributed by atoms with E-state index in [1.54, 1.807) is 0 Å². The van der Waals surface area contributed by atoms with Crippen LogP contribution in [0.3, 0.4) is 0 Å². The second-order valence-electron chi connectivity index (χ2n) is 6.48. The Bertz CT molecular complexity index is 703. The van der Waals surface area contributed by atoms with Crippen LogP contribution in [-0.2, 0) is 11.2 Å². The van der Waals surface area contributed by atoms with Gasteiger partial charge in [-0.1, -0.05) is 42.5 Å². The summed E-state index contributed by atoms with van der Waals surface area (Å²) < 4.78 is 0. The van der Waals surface area contributed by atoms with Crippen LogP contribution in [0.4, 0.5) is 5.69 Å². The van der Waals surface area contributed by atoms with Gasteiger partial charge in [-0.05, 0) is 56.0 Å². The van der Waals surface area contributed by atoms with Crippen molar-refractivity contribution in [3.63, 3.8) is 0 Å². The first kappa shape index (κ1) is 15.8. The number of nitrogens with zero attached hydrogens (tertiary/aromatic N) is 1. The van der Waals surface area contributed by atoms with E-state index in [-0.39, 0.29) is 5.91 Å². The Kier molecular flexibility index (Phi) is 4.49. The van der Waals surface area contributed by atoms with Crippen LogP contribution in [-0.4, -0.2) is 24.4 Å². The van der Waals surface area contributed by atoms with Crippen molar-refractivity contribution in [2.24, 2.45) is 0 Å². The van der Waals surface area contributed by atoms with Gasteiger partial charge in [0.1, 0.15) is 0 Å². The minimum absolute atomic E-state index is 0.0503. The van der Waals surface area contributed by atoms with Crippen molar-refractivity contribution in [2.45, 2.75) is 32.7 Å². The van der Waals surface area contributed by atoms with Gasteiger partial charge < -0.3 is 5.32 Å². The highest BCUT2D eigenvalue weighted by molar-refractivity contribution is 5.93. The van der Waals surface area contributed by atoms with E-state index in [1.165, 1.54) is 11.1 Å². The molecule has 0 radical (unpaired) electrons. The molecule has 1 aliphatic carbocycles. The number of aryl methyl sites for hydroxylation is 3. The second-order valence-corrected chi connectivity index (χ2v) is 6.48. The first-order chi connectivity index (χ1) is 11.1. The zero-order valence-electron chi connectivity index (χ0n) is 14.1. The molecular formula is C20H24N2O. The first-order valence-electron chi connectivity index (χ1n) is 8.20. The molecule has 23 heavy (non-hydrogen) atoms. The molecule has 3 nitrogen and oxygen atoms in total. The van der Waals surface area contributed by atoms with E-state index in [0.717, 1.165) is 29.7 Å². The Morgan fingerprint density at radius 3 is 2.57 bits per heavy atom. The van der Waals surface area contributed by atoms with Crippen LogP contribution in [0.15, 0.2) is 42.5 Å². The summed E-state index contributed by atoms with van der Waals surface area (Å²) in [4.78, 5) is 14.6. The lowest BCUT2D eigenvalue weighted by molar-refractivity contribution is -0.117. The summed E-state index contributed by atoms with van der Waals surface area (Å²) in [6.45, 7) is 4.46. The molecule has 0 aliphatic heterocycles. The Morgan fingerprint density at radius 2 is 1.83 bits per heavy atom. The zero-order chi connectivity index (χ0) is 16.4. The lowest BCUT2D eigenvalue weighted by Crippen LogP contribution is -2.32. The Labute approximate surface area is 138 Å². The van der Waals surface area contributed by atoms with E-state index in [0.29, 0.717) is 12.6 Å². The van der Waals surface area contributed by atoms with Crippen molar-refractivity contribution in [3.05, 3.63) is 64.7 Å². The van der Waals surface area contributed by atoms with Crippen molar-refractivity contribution in [1.29, 1.82) is 0 Å². The number of hydrogen-bond donors (Lipinski definition) is 1. The molecule has 0 saturated carbocycles. The fraction of sp³-hybridized carbons (Fsp3) is 0.350. The molecule has 0 bridgehead atoms. The van der Waals surface area contributed by atoms with Gasteiger partial charge in [0.15, 0.2) is 0 Å². The number of nitrogens with one attached hydrogen (secondary N) is 1. The lowest BCUT2D eigenvalue weighted by atomic mass is 10.1. The summed E-state index contributed by atoms with van der Waals surface area (Å²) >= 11 is 0. The Morgan fingerprint density at radius 1 is 1.13 bits per heavy atom. The number of rotatable bonds is 4. The van der Waals surface area contributed by atoms with Gasteiger partial charge in [0.25, 0.3) is 0 Å². The molecule has 3 rings (SSSR count). The molecule has 3 heteroatoms. The van der Waals surface area contributed by atoms with Gasteiger partial charge in [-0.3, -0.25) is 9.69 Å². The highest BCUT2D eigenvalue weighted by Gasteiger charge is 2.26. The predicted molar refractivity (Wildman–Crippen MR) is 94.7 cm³/mol. The molecule has 0 aromatic heterocycles. The summed E-state index contributed by atoms with van der Waals surface area (Å²) in [6.07, 6.45) is 2.19. The molecule has 2 aromatic carbocycles. The van der Waals surface area contributed by atoms with Crippen LogP contribution in [0.25, 0.3) is 0 Å². The third-order valence-electron chi connectivity index (χ3n) is 4.77. The summed E-state index contributed by atoms with van der Waals surface area (Å²) in [5, 5.41) is 3.08. The largest absolute Gasteiger partial charge is 0.324 e. The van der Waals surface area contributed by atoms with Crippen molar-refractivity contribution in [2.75, 3.05) is 18.9 Å². The van der Waals surface area contributed by atoms with Gasteiger partial charge in [0.2, 0.25) is 5.91 Å². The summed E-state index contributed by atoms with van der Waals surface area (Å²) in [5.74, 6) is 0.0503. The highest BCUT2D eigenvalue weighted by Crippen LogP contribution is 2.34. The minimum atomic E-state index is 0.0503. The van der Waals surface area contributed by atoms with E-state index < -0.39 is 0 Å². The summed E-state index contributed by atoms with van der Waals surface area (Å²) in [7, 11) is 2.04. The maximum atomic E-state index is 12.4. The number of carbonyl (C=O) groups excluding carboxylic acids is 1. The molecule has 1 N–H and O–H groups in total. The quantitative estimate of drug-likeness (QED) is 0.930. The number of benzene rings is 2. The molecule has 1 amide bonds. The van der Waals surface area contributed by atoms with Crippen LogP contribution in [0.5, 0.6) is 0 Å². The number of para-hydroxylation sites is 1. The van der Waals surface area contributed by atoms with E-state index in [9.17, 15) is 4.79 Å². The van der Waals surface area contributed by atoms with Crippen molar-refractivity contribution >= 4 is 11.6 Å². The molecule has 0 saturated heterocycles. The Balaban J connectivity index is 1.67. The normalized spacial score (nSPS) is 16.4. The number of anilines is 1. The molecule has 0 heterocycles. The molecular weight excluding hydrogens is 284 g/mol. The molecule has 1 unspecified atom stereocenters. The van der Waals surface area contributed by atoms with E-state index in [4.69, 9.17) is 0 Å². The van der Waals surface area contributed by atoms with Crippen molar-refractivity contribution in [1.82, 2.24) is 4.90 Å². The smallest absolute Gasteiger partial charge is 0.238 e. The van der Waals surface area contributed by atoms with Gasteiger partial charge in [-0.15, -0.1) is 0 Å². The fourth-order valence-corrected chi connectivity index (χ4v) is 3.52. The minimum Gasteiger partial charge on any atom is -0.324 e. The monoisotopic (exact) mass is 308 g/mol. The number of carbonyl (C=O) groups is 1. The second kappa shape index (κ2) is 6.55. The van der Waals surface area contributed by atoms with Gasteiger partial charge in [0, 0.05) is 11.7 Å².